The van der Waals surface area contributed by atoms with Crippen LogP contribution in [0.2, 0.25) is 0 Å². The zero-order valence-corrected chi connectivity index (χ0v) is 16.3. The fourth-order valence-corrected chi connectivity index (χ4v) is 4.59. The Kier molecular flexibility index (Phi) is 6.49. The van der Waals surface area contributed by atoms with Crippen LogP contribution in [0.15, 0.2) is 59.5 Å². The molecule has 1 atom stereocenters. The number of sulfonamides is 1. The molecule has 0 bridgehead atoms. The highest BCUT2D eigenvalue weighted by molar-refractivity contribution is 7.89. The van der Waals surface area contributed by atoms with E-state index in [2.05, 4.69) is 4.90 Å². The van der Waals surface area contributed by atoms with Gasteiger partial charge in [-0.2, -0.15) is 4.31 Å². The highest BCUT2D eigenvalue weighted by Crippen LogP contribution is 2.17. The first-order valence-electron chi connectivity index (χ1n) is 9.10. The second-order valence-corrected chi connectivity index (χ2v) is 8.74. The summed E-state index contributed by atoms with van der Waals surface area (Å²) in [6.07, 6.45) is -0.622. The molecule has 0 saturated carbocycles. The molecule has 1 aliphatic rings. The Morgan fingerprint density at radius 1 is 1.04 bits per heavy atom. The van der Waals surface area contributed by atoms with Gasteiger partial charge >= 0.3 is 0 Å². The van der Waals surface area contributed by atoms with Crippen LogP contribution < -0.4 is 4.74 Å². The van der Waals surface area contributed by atoms with Crippen LogP contribution >= 0.6 is 0 Å². The molecule has 7 heteroatoms. The number of rotatable bonds is 7. The van der Waals surface area contributed by atoms with E-state index in [1.165, 1.54) is 4.31 Å². The molecule has 1 N–H and O–H groups in total. The van der Waals surface area contributed by atoms with Crippen LogP contribution in [-0.4, -0.2) is 68.2 Å². The average molecular weight is 391 g/mol. The molecule has 1 aliphatic heterocycles. The van der Waals surface area contributed by atoms with Gasteiger partial charge in [0.15, 0.2) is 0 Å². The van der Waals surface area contributed by atoms with Gasteiger partial charge in [0.05, 0.1) is 4.90 Å². The van der Waals surface area contributed by atoms with Gasteiger partial charge in [0.25, 0.3) is 0 Å². The Labute approximate surface area is 161 Å². The van der Waals surface area contributed by atoms with E-state index in [1.54, 1.807) is 30.3 Å². The number of aryl methyl sites for hydroxylation is 1. The van der Waals surface area contributed by atoms with Crippen LogP contribution in [0.1, 0.15) is 5.56 Å². The second kappa shape index (κ2) is 8.84. The van der Waals surface area contributed by atoms with Crippen LogP contribution in [0.4, 0.5) is 0 Å². The molecule has 1 saturated heterocycles. The van der Waals surface area contributed by atoms with Crippen molar-refractivity contribution in [3.8, 4) is 5.75 Å². The Bertz CT molecular complexity index is 834. The monoisotopic (exact) mass is 390 g/mol. The van der Waals surface area contributed by atoms with E-state index in [4.69, 9.17) is 4.74 Å². The number of hydrogen-bond acceptors (Lipinski definition) is 5. The van der Waals surface area contributed by atoms with E-state index in [0.717, 1.165) is 11.3 Å². The van der Waals surface area contributed by atoms with Crippen molar-refractivity contribution in [3.05, 3.63) is 60.2 Å². The topological polar surface area (TPSA) is 70.1 Å². The summed E-state index contributed by atoms with van der Waals surface area (Å²) in [6, 6.07) is 16.2. The van der Waals surface area contributed by atoms with Crippen molar-refractivity contribution in [2.45, 2.75) is 17.9 Å². The van der Waals surface area contributed by atoms with Gasteiger partial charge in [0, 0.05) is 32.7 Å². The zero-order chi connectivity index (χ0) is 19.3. The summed E-state index contributed by atoms with van der Waals surface area (Å²) >= 11 is 0. The Hall–Kier alpha value is -1.93. The Morgan fingerprint density at radius 2 is 1.74 bits per heavy atom. The minimum absolute atomic E-state index is 0.214. The molecule has 3 rings (SSSR count). The quantitative estimate of drug-likeness (QED) is 0.780. The maximum atomic E-state index is 12.6. The summed E-state index contributed by atoms with van der Waals surface area (Å²) in [5.74, 6) is 0.743. The third kappa shape index (κ3) is 5.29. The zero-order valence-electron chi connectivity index (χ0n) is 15.5. The minimum Gasteiger partial charge on any atom is -0.491 e. The number of aliphatic hydroxyl groups is 1. The third-order valence-corrected chi connectivity index (χ3v) is 6.53. The normalized spacial score (nSPS) is 17.6. The number of benzene rings is 2. The lowest BCUT2D eigenvalue weighted by Gasteiger charge is -2.34. The van der Waals surface area contributed by atoms with Gasteiger partial charge in [-0.15, -0.1) is 0 Å². The fourth-order valence-electron chi connectivity index (χ4n) is 3.14. The van der Waals surface area contributed by atoms with E-state index in [9.17, 15) is 13.5 Å². The molecule has 0 radical (unpaired) electrons. The van der Waals surface area contributed by atoms with E-state index in [0.29, 0.717) is 37.6 Å². The van der Waals surface area contributed by atoms with Crippen molar-refractivity contribution in [2.24, 2.45) is 0 Å². The van der Waals surface area contributed by atoms with Crippen molar-refractivity contribution in [1.82, 2.24) is 9.21 Å². The predicted molar refractivity (Wildman–Crippen MR) is 104 cm³/mol. The Morgan fingerprint density at radius 3 is 2.41 bits per heavy atom. The number of piperazine rings is 1. The fraction of sp³-hybridized carbons (Fsp3) is 0.400. The van der Waals surface area contributed by atoms with Crippen LogP contribution in [0, 0.1) is 6.92 Å². The van der Waals surface area contributed by atoms with Crippen LogP contribution in [-0.2, 0) is 10.0 Å². The summed E-state index contributed by atoms with van der Waals surface area (Å²) in [5.41, 5.74) is 1.11. The van der Waals surface area contributed by atoms with E-state index in [1.807, 2.05) is 31.2 Å². The first kappa shape index (κ1) is 19.8. The van der Waals surface area contributed by atoms with Gasteiger partial charge in [-0.05, 0) is 36.8 Å². The third-order valence-electron chi connectivity index (χ3n) is 4.61. The molecule has 2 aromatic carbocycles. The molecule has 0 aliphatic carbocycles. The molecule has 1 unspecified atom stereocenters. The average Bonchev–Trinajstić information content (AvgIpc) is 2.68. The van der Waals surface area contributed by atoms with Crippen molar-refractivity contribution in [2.75, 3.05) is 39.3 Å². The maximum absolute atomic E-state index is 12.6. The number of aliphatic hydroxyl groups excluding tert-OH is 1. The number of nitrogens with zero attached hydrogens (tertiary/aromatic N) is 2. The van der Waals surface area contributed by atoms with Crippen molar-refractivity contribution < 1.29 is 18.3 Å². The largest absolute Gasteiger partial charge is 0.491 e. The van der Waals surface area contributed by atoms with E-state index >= 15 is 0 Å². The van der Waals surface area contributed by atoms with Crippen molar-refractivity contribution in [1.29, 1.82) is 0 Å². The maximum Gasteiger partial charge on any atom is 0.243 e. The molecule has 0 amide bonds. The van der Waals surface area contributed by atoms with Gasteiger partial charge in [0.2, 0.25) is 10.0 Å². The van der Waals surface area contributed by atoms with Gasteiger partial charge in [0.1, 0.15) is 18.5 Å². The summed E-state index contributed by atoms with van der Waals surface area (Å²) < 4.78 is 32.4. The van der Waals surface area contributed by atoms with Crippen LogP contribution in [0.25, 0.3) is 0 Å². The molecule has 0 spiro atoms. The molecule has 1 fully saturated rings. The molecule has 6 nitrogen and oxygen atoms in total. The molecular formula is C20H26N2O4S. The number of hydrogen-bond donors (Lipinski definition) is 1. The smallest absolute Gasteiger partial charge is 0.243 e. The number of ether oxygens (including phenoxy) is 1. The van der Waals surface area contributed by atoms with Crippen molar-refractivity contribution >= 4 is 10.0 Å². The second-order valence-electron chi connectivity index (χ2n) is 6.80. The summed E-state index contributed by atoms with van der Waals surface area (Å²) in [5, 5.41) is 10.2. The first-order chi connectivity index (χ1) is 12.9. The van der Waals surface area contributed by atoms with Gasteiger partial charge in [-0.3, -0.25) is 4.90 Å². The molecule has 27 heavy (non-hydrogen) atoms. The lowest BCUT2D eigenvalue weighted by atomic mass is 10.2. The molecule has 1 heterocycles. The Balaban J connectivity index is 1.46. The van der Waals surface area contributed by atoms with Gasteiger partial charge in [-0.1, -0.05) is 30.3 Å². The lowest BCUT2D eigenvalue weighted by Crippen LogP contribution is -2.50. The van der Waals surface area contributed by atoms with Crippen molar-refractivity contribution in [3.63, 3.8) is 0 Å². The molecular weight excluding hydrogens is 364 g/mol. The first-order valence-corrected chi connectivity index (χ1v) is 10.5. The van der Waals surface area contributed by atoms with Crippen LogP contribution in [0.3, 0.4) is 0 Å². The molecule has 2 aromatic rings. The van der Waals surface area contributed by atoms with E-state index in [-0.39, 0.29) is 6.61 Å². The van der Waals surface area contributed by atoms with E-state index < -0.39 is 16.1 Å². The lowest BCUT2D eigenvalue weighted by molar-refractivity contribution is 0.0569. The summed E-state index contributed by atoms with van der Waals surface area (Å²) in [6.45, 7) is 4.69. The minimum atomic E-state index is -3.44. The van der Waals surface area contributed by atoms with Gasteiger partial charge < -0.3 is 9.84 Å². The predicted octanol–water partition coefficient (Wildman–Crippen LogP) is 1.74. The van der Waals surface area contributed by atoms with Gasteiger partial charge in [-0.25, -0.2) is 8.42 Å². The highest BCUT2D eigenvalue weighted by atomic mass is 32.2. The molecule has 146 valence electrons. The summed E-state index contributed by atoms with van der Waals surface area (Å²) in [4.78, 5) is 2.39. The molecule has 0 aromatic heterocycles. The number of β-amino-alcohol motifs (C(OH)–C–C–N with tert-alkyl or cyclic N) is 1. The SMILES string of the molecule is Cc1cccc(OCC(O)CN2CCN(S(=O)(=O)c3ccccc3)CC2)c1. The van der Waals surface area contributed by atoms with Crippen LogP contribution in [0.5, 0.6) is 5.75 Å². The summed E-state index contributed by atoms with van der Waals surface area (Å²) in [7, 11) is -3.44. The standard InChI is InChI=1S/C20H26N2O4S/c1-17-6-5-7-19(14-17)26-16-18(23)15-21-10-12-22(13-11-21)27(24,25)20-8-3-2-4-9-20/h2-9,14,18,23H,10-13,15-16H2,1H3. The highest BCUT2D eigenvalue weighted by Gasteiger charge is 2.28.